The number of hydrogen-bond donors (Lipinski definition) is 3. The molecule has 3 atom stereocenters. The van der Waals surface area contributed by atoms with E-state index in [4.69, 9.17) is 10.5 Å². The Balaban J connectivity index is 2.86. The van der Waals surface area contributed by atoms with E-state index in [1.807, 2.05) is 30.3 Å². The van der Waals surface area contributed by atoms with Crippen molar-refractivity contribution in [1.29, 1.82) is 0 Å². The van der Waals surface area contributed by atoms with Crippen molar-refractivity contribution in [3.8, 4) is 0 Å². The van der Waals surface area contributed by atoms with Gasteiger partial charge in [0.15, 0.2) is 0 Å². The summed E-state index contributed by atoms with van der Waals surface area (Å²) in [5.41, 5.74) is 6.25. The molecule has 0 saturated heterocycles. The van der Waals surface area contributed by atoms with Crippen molar-refractivity contribution in [3.63, 3.8) is 0 Å². The molecule has 0 bridgehead atoms. The zero-order valence-corrected chi connectivity index (χ0v) is 15.9. The number of hydrogen-bond acceptors (Lipinski definition) is 5. The molecule has 8 heteroatoms. The summed E-state index contributed by atoms with van der Waals surface area (Å²) < 4.78 is 4.87. The second kappa shape index (κ2) is 10.9. The third kappa shape index (κ3) is 7.89. The molecule has 1 aromatic rings. The van der Waals surface area contributed by atoms with Crippen LogP contribution in [0.2, 0.25) is 0 Å². The molecule has 0 saturated carbocycles. The van der Waals surface area contributed by atoms with Crippen LogP contribution < -0.4 is 16.4 Å². The molecule has 0 aliphatic rings. The number of amides is 3. The van der Waals surface area contributed by atoms with Crippen molar-refractivity contribution >= 4 is 23.7 Å². The molecule has 0 aromatic heterocycles. The van der Waals surface area contributed by atoms with Gasteiger partial charge in [-0.15, -0.1) is 0 Å². The minimum absolute atomic E-state index is 0.0643. The summed E-state index contributed by atoms with van der Waals surface area (Å²) in [5, 5.41) is 5.13. The molecule has 0 radical (unpaired) electrons. The second-order valence-corrected chi connectivity index (χ2v) is 6.32. The number of nitrogens with two attached hydrogens (primary N) is 1. The van der Waals surface area contributed by atoms with Crippen LogP contribution >= 0.6 is 0 Å². The molecule has 0 spiro atoms. The molecule has 3 amide bonds. The molecule has 1 rings (SSSR count). The topological polar surface area (TPSA) is 128 Å². The van der Waals surface area contributed by atoms with E-state index in [-0.39, 0.29) is 25.4 Å². The Kier molecular flexibility index (Phi) is 8.98. The van der Waals surface area contributed by atoms with Crippen molar-refractivity contribution in [2.75, 3.05) is 6.61 Å². The predicted molar refractivity (Wildman–Crippen MR) is 99.3 cm³/mol. The van der Waals surface area contributed by atoms with E-state index in [2.05, 4.69) is 10.6 Å². The van der Waals surface area contributed by atoms with E-state index in [1.54, 1.807) is 13.8 Å². The SMILES string of the molecule is CCOC(=O)C[C@@H](C)[C@H](NC(=O)[C@@H](Cc1ccccc1)NC(C)=O)C(N)=O. The quantitative estimate of drug-likeness (QED) is 0.505. The summed E-state index contributed by atoms with van der Waals surface area (Å²) >= 11 is 0. The number of benzene rings is 1. The largest absolute Gasteiger partial charge is 0.466 e. The van der Waals surface area contributed by atoms with Gasteiger partial charge in [-0.3, -0.25) is 19.2 Å². The average molecular weight is 377 g/mol. The van der Waals surface area contributed by atoms with Crippen LogP contribution in [0.4, 0.5) is 0 Å². The Labute approximate surface area is 158 Å². The number of ether oxygens (including phenoxy) is 1. The van der Waals surface area contributed by atoms with Crippen LogP contribution in [-0.4, -0.2) is 42.4 Å². The predicted octanol–water partition coefficient (Wildman–Crippen LogP) is 0.293. The van der Waals surface area contributed by atoms with Crippen molar-refractivity contribution in [2.45, 2.75) is 45.7 Å². The van der Waals surface area contributed by atoms with Gasteiger partial charge >= 0.3 is 5.97 Å². The fourth-order valence-corrected chi connectivity index (χ4v) is 2.65. The van der Waals surface area contributed by atoms with Gasteiger partial charge in [0.05, 0.1) is 13.0 Å². The van der Waals surface area contributed by atoms with Gasteiger partial charge < -0.3 is 21.1 Å². The minimum Gasteiger partial charge on any atom is -0.466 e. The lowest BCUT2D eigenvalue weighted by Gasteiger charge is -2.25. The monoisotopic (exact) mass is 377 g/mol. The van der Waals surface area contributed by atoms with Gasteiger partial charge in [0.25, 0.3) is 0 Å². The maximum absolute atomic E-state index is 12.7. The number of primary amides is 1. The van der Waals surface area contributed by atoms with Crippen LogP contribution in [0.15, 0.2) is 30.3 Å². The van der Waals surface area contributed by atoms with Crippen LogP contribution in [-0.2, 0) is 30.3 Å². The lowest BCUT2D eigenvalue weighted by Crippen LogP contribution is -2.55. The van der Waals surface area contributed by atoms with E-state index >= 15 is 0 Å². The van der Waals surface area contributed by atoms with E-state index in [0.29, 0.717) is 0 Å². The standard InChI is InChI=1S/C19H27N3O5/c1-4-27-16(24)10-12(2)17(18(20)25)22-19(26)15(21-13(3)23)11-14-8-6-5-7-9-14/h5-9,12,15,17H,4,10-11H2,1-3H3,(H2,20,25)(H,21,23)(H,22,26)/t12-,15-,17+/m1/s1. The highest BCUT2D eigenvalue weighted by Gasteiger charge is 2.30. The average Bonchev–Trinajstić information content (AvgIpc) is 2.59. The highest BCUT2D eigenvalue weighted by atomic mass is 16.5. The summed E-state index contributed by atoms with van der Waals surface area (Å²) in [7, 11) is 0. The molecule has 4 N–H and O–H groups in total. The van der Waals surface area contributed by atoms with Crippen molar-refractivity contribution in [3.05, 3.63) is 35.9 Å². The first kappa shape index (κ1) is 22.1. The number of esters is 1. The van der Waals surface area contributed by atoms with E-state index < -0.39 is 35.8 Å². The van der Waals surface area contributed by atoms with Gasteiger partial charge in [0, 0.05) is 13.3 Å². The van der Waals surface area contributed by atoms with Crippen molar-refractivity contribution in [1.82, 2.24) is 10.6 Å². The third-order valence-electron chi connectivity index (χ3n) is 3.94. The molecular formula is C19H27N3O5. The van der Waals surface area contributed by atoms with Gasteiger partial charge in [-0.25, -0.2) is 0 Å². The number of rotatable bonds is 10. The molecule has 0 heterocycles. The third-order valence-corrected chi connectivity index (χ3v) is 3.94. The summed E-state index contributed by atoms with van der Waals surface area (Å²) in [6.07, 6.45) is 0.190. The Bertz CT molecular complexity index is 663. The Hall–Kier alpha value is -2.90. The van der Waals surface area contributed by atoms with Gasteiger partial charge in [-0.05, 0) is 18.4 Å². The van der Waals surface area contributed by atoms with Gasteiger partial charge in [0.2, 0.25) is 17.7 Å². The molecule has 0 aliphatic carbocycles. The summed E-state index contributed by atoms with van der Waals surface area (Å²) in [6.45, 7) is 4.83. The fourth-order valence-electron chi connectivity index (χ4n) is 2.65. The van der Waals surface area contributed by atoms with Crippen molar-refractivity contribution < 1.29 is 23.9 Å². The Morgan fingerprint density at radius 2 is 1.74 bits per heavy atom. The van der Waals surface area contributed by atoms with E-state index in [1.165, 1.54) is 6.92 Å². The second-order valence-electron chi connectivity index (χ2n) is 6.32. The van der Waals surface area contributed by atoms with Crippen LogP contribution in [0.1, 0.15) is 32.8 Å². The van der Waals surface area contributed by atoms with Crippen LogP contribution in [0.25, 0.3) is 0 Å². The molecule has 0 unspecified atom stereocenters. The van der Waals surface area contributed by atoms with Crippen LogP contribution in [0, 0.1) is 5.92 Å². The molecule has 0 aliphatic heterocycles. The normalized spacial score (nSPS) is 13.7. The number of carbonyl (C=O) groups excluding carboxylic acids is 4. The van der Waals surface area contributed by atoms with Crippen LogP contribution in [0.5, 0.6) is 0 Å². The lowest BCUT2D eigenvalue weighted by atomic mass is 9.96. The molecule has 148 valence electrons. The molecule has 0 fully saturated rings. The first-order valence-electron chi connectivity index (χ1n) is 8.80. The molecule has 27 heavy (non-hydrogen) atoms. The maximum atomic E-state index is 12.7. The summed E-state index contributed by atoms with van der Waals surface area (Å²) in [6, 6.07) is 7.22. The maximum Gasteiger partial charge on any atom is 0.306 e. The molecule has 8 nitrogen and oxygen atoms in total. The number of carbonyl (C=O) groups is 4. The smallest absolute Gasteiger partial charge is 0.306 e. The van der Waals surface area contributed by atoms with Crippen molar-refractivity contribution in [2.24, 2.45) is 11.7 Å². The number of nitrogens with one attached hydrogen (secondary N) is 2. The summed E-state index contributed by atoms with van der Waals surface area (Å²) in [4.78, 5) is 47.6. The van der Waals surface area contributed by atoms with Gasteiger partial charge in [-0.2, -0.15) is 0 Å². The van der Waals surface area contributed by atoms with Gasteiger partial charge in [-0.1, -0.05) is 37.3 Å². The highest BCUT2D eigenvalue weighted by Crippen LogP contribution is 2.11. The zero-order chi connectivity index (χ0) is 20.4. The fraction of sp³-hybridized carbons (Fsp3) is 0.474. The van der Waals surface area contributed by atoms with E-state index in [0.717, 1.165) is 5.56 Å². The van der Waals surface area contributed by atoms with Gasteiger partial charge in [0.1, 0.15) is 12.1 Å². The van der Waals surface area contributed by atoms with E-state index in [9.17, 15) is 19.2 Å². The Morgan fingerprint density at radius 3 is 2.26 bits per heavy atom. The first-order valence-corrected chi connectivity index (χ1v) is 8.80. The lowest BCUT2D eigenvalue weighted by molar-refractivity contribution is -0.145. The molecular weight excluding hydrogens is 350 g/mol. The Morgan fingerprint density at radius 1 is 1.11 bits per heavy atom. The minimum atomic E-state index is -1.06. The van der Waals surface area contributed by atoms with Crippen LogP contribution in [0.3, 0.4) is 0 Å². The molecule has 1 aromatic carbocycles. The highest BCUT2D eigenvalue weighted by molar-refractivity contribution is 5.91. The summed E-state index contributed by atoms with van der Waals surface area (Å²) in [5.74, 6) is -2.72. The zero-order valence-electron chi connectivity index (χ0n) is 15.9. The first-order chi connectivity index (χ1) is 12.7.